The van der Waals surface area contributed by atoms with Crippen LogP contribution in [0.4, 0.5) is 13.2 Å². The molecule has 0 bridgehead atoms. The van der Waals surface area contributed by atoms with Gasteiger partial charge in [0.1, 0.15) is 6.04 Å². The van der Waals surface area contributed by atoms with E-state index < -0.39 is 24.3 Å². The zero-order chi connectivity index (χ0) is 13.8. The van der Waals surface area contributed by atoms with Gasteiger partial charge < -0.3 is 15.2 Å². The SMILES string of the molecule is COC(=O)C1CN(C(CCN)C(F)(F)F)CCO1. The molecule has 5 nitrogen and oxygen atoms in total. The standard InChI is InChI=1S/C10H17F3N2O3/c1-17-9(16)7-6-15(4-5-18-7)8(2-3-14)10(11,12)13/h7-8H,2-6,14H2,1H3. The van der Waals surface area contributed by atoms with E-state index >= 15 is 0 Å². The Hall–Kier alpha value is -0.860. The predicted octanol–water partition coefficient (Wildman–Crippen LogP) is 0.140. The molecule has 1 aliphatic heterocycles. The first-order valence-electron chi connectivity index (χ1n) is 5.60. The largest absolute Gasteiger partial charge is 0.467 e. The van der Waals surface area contributed by atoms with E-state index in [4.69, 9.17) is 10.5 Å². The van der Waals surface area contributed by atoms with Crippen LogP contribution in [-0.4, -0.2) is 62.5 Å². The molecule has 0 aromatic carbocycles. The van der Waals surface area contributed by atoms with Gasteiger partial charge in [-0.15, -0.1) is 0 Å². The number of carbonyl (C=O) groups excluding carboxylic acids is 1. The molecule has 8 heteroatoms. The normalized spacial score (nSPS) is 23.7. The molecule has 0 aromatic heterocycles. The number of hydrogen-bond acceptors (Lipinski definition) is 5. The molecule has 1 fully saturated rings. The van der Waals surface area contributed by atoms with E-state index in [1.165, 1.54) is 12.0 Å². The van der Waals surface area contributed by atoms with Crippen LogP contribution in [-0.2, 0) is 14.3 Å². The molecular formula is C10H17F3N2O3. The summed E-state index contributed by atoms with van der Waals surface area (Å²) in [5.41, 5.74) is 5.20. The van der Waals surface area contributed by atoms with E-state index in [0.717, 1.165) is 0 Å². The summed E-state index contributed by atoms with van der Waals surface area (Å²) in [6, 6.07) is -1.64. The number of nitrogens with zero attached hydrogens (tertiary/aromatic N) is 1. The monoisotopic (exact) mass is 270 g/mol. The molecule has 0 radical (unpaired) electrons. The average Bonchev–Trinajstić information content (AvgIpc) is 2.33. The lowest BCUT2D eigenvalue weighted by Crippen LogP contribution is -2.55. The molecule has 0 spiro atoms. The van der Waals surface area contributed by atoms with Crippen molar-refractivity contribution in [3.05, 3.63) is 0 Å². The van der Waals surface area contributed by atoms with Gasteiger partial charge in [-0.25, -0.2) is 4.79 Å². The number of methoxy groups -OCH3 is 1. The number of esters is 1. The van der Waals surface area contributed by atoms with Gasteiger partial charge in [0.05, 0.1) is 13.7 Å². The van der Waals surface area contributed by atoms with E-state index in [9.17, 15) is 18.0 Å². The van der Waals surface area contributed by atoms with Crippen LogP contribution in [0, 0.1) is 0 Å². The van der Waals surface area contributed by atoms with E-state index in [-0.39, 0.29) is 32.7 Å². The number of halogens is 3. The Morgan fingerprint density at radius 2 is 2.28 bits per heavy atom. The van der Waals surface area contributed by atoms with Gasteiger partial charge in [0.2, 0.25) is 0 Å². The second kappa shape index (κ2) is 6.35. The van der Waals surface area contributed by atoms with Crippen LogP contribution in [0.25, 0.3) is 0 Å². The molecule has 2 N–H and O–H groups in total. The second-order valence-corrected chi connectivity index (χ2v) is 4.01. The summed E-state index contributed by atoms with van der Waals surface area (Å²) >= 11 is 0. The molecule has 106 valence electrons. The number of ether oxygens (including phenoxy) is 2. The molecule has 1 saturated heterocycles. The van der Waals surface area contributed by atoms with Crippen molar-refractivity contribution in [1.82, 2.24) is 4.90 Å². The highest BCUT2D eigenvalue weighted by atomic mass is 19.4. The van der Waals surface area contributed by atoms with Gasteiger partial charge in [-0.05, 0) is 13.0 Å². The molecule has 18 heavy (non-hydrogen) atoms. The zero-order valence-corrected chi connectivity index (χ0v) is 10.1. The van der Waals surface area contributed by atoms with Crippen LogP contribution in [0.2, 0.25) is 0 Å². The Kier molecular flexibility index (Phi) is 5.36. The molecule has 2 atom stereocenters. The van der Waals surface area contributed by atoms with E-state index in [2.05, 4.69) is 4.74 Å². The maximum atomic E-state index is 12.8. The molecule has 1 heterocycles. The Labute approximate surface area is 103 Å². The van der Waals surface area contributed by atoms with Crippen molar-refractivity contribution in [1.29, 1.82) is 0 Å². The third kappa shape index (κ3) is 3.82. The van der Waals surface area contributed by atoms with Gasteiger partial charge in [-0.2, -0.15) is 13.2 Å². The van der Waals surface area contributed by atoms with Crippen molar-refractivity contribution in [2.24, 2.45) is 5.73 Å². The topological polar surface area (TPSA) is 64.8 Å². The van der Waals surface area contributed by atoms with Gasteiger partial charge in [-0.1, -0.05) is 0 Å². The van der Waals surface area contributed by atoms with Crippen molar-refractivity contribution in [3.63, 3.8) is 0 Å². The van der Waals surface area contributed by atoms with Gasteiger partial charge in [0.25, 0.3) is 0 Å². The Morgan fingerprint density at radius 1 is 1.61 bits per heavy atom. The highest BCUT2D eigenvalue weighted by Gasteiger charge is 2.45. The molecule has 0 amide bonds. The number of morpholine rings is 1. The van der Waals surface area contributed by atoms with Crippen molar-refractivity contribution in [2.75, 3.05) is 33.4 Å². The van der Waals surface area contributed by atoms with Crippen molar-refractivity contribution >= 4 is 5.97 Å². The minimum atomic E-state index is -4.36. The molecule has 0 saturated carbocycles. The Bertz CT molecular complexity index is 286. The first-order valence-corrected chi connectivity index (χ1v) is 5.60. The zero-order valence-electron chi connectivity index (χ0n) is 10.1. The fourth-order valence-electron chi connectivity index (χ4n) is 1.94. The molecule has 0 aromatic rings. The molecule has 1 rings (SSSR count). The highest BCUT2D eigenvalue weighted by Crippen LogP contribution is 2.28. The number of alkyl halides is 3. The number of nitrogens with two attached hydrogens (primary N) is 1. The number of carbonyl (C=O) groups is 1. The summed E-state index contributed by atoms with van der Waals surface area (Å²) in [6.45, 7) is -0.00410. The minimum Gasteiger partial charge on any atom is -0.467 e. The molecule has 0 aliphatic carbocycles. The summed E-state index contributed by atoms with van der Waals surface area (Å²) in [5, 5.41) is 0. The minimum absolute atomic E-state index is 0.0651. The molecule has 1 aliphatic rings. The van der Waals surface area contributed by atoms with Crippen LogP contribution in [0.15, 0.2) is 0 Å². The second-order valence-electron chi connectivity index (χ2n) is 4.01. The lowest BCUT2D eigenvalue weighted by Gasteiger charge is -2.37. The summed E-state index contributed by atoms with van der Waals surface area (Å²) in [4.78, 5) is 12.4. The highest BCUT2D eigenvalue weighted by molar-refractivity contribution is 5.74. The third-order valence-electron chi connectivity index (χ3n) is 2.82. The lowest BCUT2D eigenvalue weighted by atomic mass is 10.1. The van der Waals surface area contributed by atoms with Crippen LogP contribution in [0.1, 0.15) is 6.42 Å². The van der Waals surface area contributed by atoms with Crippen LogP contribution < -0.4 is 5.73 Å². The summed E-state index contributed by atoms with van der Waals surface area (Å²) in [6.07, 6.45) is -5.53. The van der Waals surface area contributed by atoms with Gasteiger partial charge in [0.15, 0.2) is 6.10 Å². The maximum absolute atomic E-state index is 12.8. The van der Waals surface area contributed by atoms with Crippen molar-refractivity contribution in [3.8, 4) is 0 Å². The average molecular weight is 270 g/mol. The van der Waals surface area contributed by atoms with Gasteiger partial charge >= 0.3 is 12.1 Å². The molecular weight excluding hydrogens is 253 g/mol. The summed E-state index contributed by atoms with van der Waals surface area (Å²) in [5.74, 6) is -0.659. The number of hydrogen-bond donors (Lipinski definition) is 1. The number of rotatable bonds is 4. The van der Waals surface area contributed by atoms with Crippen LogP contribution in [0.3, 0.4) is 0 Å². The third-order valence-corrected chi connectivity index (χ3v) is 2.82. The quantitative estimate of drug-likeness (QED) is 0.736. The fourth-order valence-corrected chi connectivity index (χ4v) is 1.94. The summed E-state index contributed by atoms with van der Waals surface area (Å²) < 4.78 is 48.1. The molecule has 2 unspecified atom stereocenters. The summed E-state index contributed by atoms with van der Waals surface area (Å²) in [7, 11) is 1.17. The maximum Gasteiger partial charge on any atom is 0.404 e. The van der Waals surface area contributed by atoms with E-state index in [1.807, 2.05) is 0 Å². The van der Waals surface area contributed by atoms with Crippen molar-refractivity contribution in [2.45, 2.75) is 24.7 Å². The lowest BCUT2D eigenvalue weighted by molar-refractivity contribution is -0.202. The van der Waals surface area contributed by atoms with Gasteiger partial charge in [0, 0.05) is 13.1 Å². The van der Waals surface area contributed by atoms with Crippen molar-refractivity contribution < 1.29 is 27.4 Å². The Morgan fingerprint density at radius 3 is 2.78 bits per heavy atom. The van der Waals surface area contributed by atoms with E-state index in [1.54, 1.807) is 0 Å². The first kappa shape index (κ1) is 15.2. The fraction of sp³-hybridized carbons (Fsp3) is 0.900. The Balaban J connectivity index is 2.71. The van der Waals surface area contributed by atoms with E-state index in [0.29, 0.717) is 0 Å². The predicted molar refractivity (Wildman–Crippen MR) is 56.8 cm³/mol. The first-order chi connectivity index (χ1) is 8.40. The smallest absolute Gasteiger partial charge is 0.404 e. The van der Waals surface area contributed by atoms with Gasteiger partial charge in [-0.3, -0.25) is 4.90 Å². The van der Waals surface area contributed by atoms with Crippen LogP contribution >= 0.6 is 0 Å². The van der Waals surface area contributed by atoms with Crippen LogP contribution in [0.5, 0.6) is 0 Å².